The zero-order valence-corrected chi connectivity index (χ0v) is 11.0. The topological polar surface area (TPSA) is 45.9 Å². The normalized spacial score (nSPS) is 10.0. The molecule has 0 atom stereocenters. The number of thiazole rings is 1. The Bertz CT molecular complexity index is 540. The van der Waals surface area contributed by atoms with E-state index in [9.17, 15) is 0 Å². The largest absolute Gasteiger partial charge is 0.486 e. The summed E-state index contributed by atoms with van der Waals surface area (Å²) in [5.74, 6) is 0.851. The maximum atomic E-state index is 8.58. The van der Waals surface area contributed by atoms with Crippen LogP contribution in [0.4, 0.5) is 0 Å². The van der Waals surface area contributed by atoms with Gasteiger partial charge in [0.25, 0.3) is 0 Å². The molecule has 0 radical (unpaired) electrons. The number of nitriles is 1. The number of aromatic nitrogens is 1. The molecule has 3 nitrogen and oxygen atoms in total. The first-order chi connectivity index (χ1) is 8.81. The molecular weight excluding hydrogens is 244 g/mol. The van der Waals surface area contributed by atoms with Crippen molar-refractivity contribution in [2.75, 3.05) is 0 Å². The minimum atomic E-state index is 0.420. The van der Waals surface area contributed by atoms with E-state index < -0.39 is 0 Å². The lowest BCUT2D eigenvalue weighted by Crippen LogP contribution is -1.94. The van der Waals surface area contributed by atoms with Crippen LogP contribution >= 0.6 is 11.3 Å². The van der Waals surface area contributed by atoms with Gasteiger partial charge < -0.3 is 4.74 Å². The van der Waals surface area contributed by atoms with E-state index in [0.717, 1.165) is 22.1 Å². The maximum absolute atomic E-state index is 8.58. The maximum Gasteiger partial charge on any atom is 0.140 e. The molecular formula is C14H14N2OS. The molecule has 0 spiro atoms. The molecule has 0 bridgehead atoms. The number of nitrogens with zero attached hydrogens (tertiary/aromatic N) is 2. The first kappa shape index (κ1) is 12.6. The molecule has 2 rings (SSSR count). The summed E-state index contributed by atoms with van der Waals surface area (Å²) in [5.41, 5.74) is 1.30. The van der Waals surface area contributed by atoms with Gasteiger partial charge in [-0.2, -0.15) is 5.26 Å². The zero-order chi connectivity index (χ0) is 12.8. The Morgan fingerprint density at radius 1 is 1.33 bits per heavy atom. The Morgan fingerprint density at radius 3 is 2.78 bits per heavy atom. The van der Waals surface area contributed by atoms with Crippen LogP contribution in [0.15, 0.2) is 30.5 Å². The summed E-state index contributed by atoms with van der Waals surface area (Å²) in [4.78, 5) is 5.21. The summed E-state index contributed by atoms with van der Waals surface area (Å²) in [6, 6.07) is 10.2. The average molecular weight is 258 g/mol. The van der Waals surface area contributed by atoms with Crippen LogP contribution < -0.4 is 4.74 Å². The Balaban J connectivity index is 1.91. The van der Waals surface area contributed by atoms with E-state index in [4.69, 9.17) is 10.00 Å². The summed E-state index contributed by atoms with van der Waals surface area (Å²) in [7, 11) is 0. The van der Waals surface area contributed by atoms with Crippen molar-refractivity contribution >= 4 is 11.3 Å². The SMILES string of the molecule is CCc1ccc(OCc2ncc(CC#N)s2)cc1. The van der Waals surface area contributed by atoms with Gasteiger partial charge in [0.1, 0.15) is 17.4 Å². The molecule has 1 heterocycles. The molecule has 4 heteroatoms. The monoisotopic (exact) mass is 258 g/mol. The molecule has 1 aromatic heterocycles. The second kappa shape index (κ2) is 6.18. The molecule has 0 N–H and O–H groups in total. The Kier molecular flexibility index (Phi) is 4.32. The van der Waals surface area contributed by atoms with Gasteiger partial charge in [0.15, 0.2) is 0 Å². The van der Waals surface area contributed by atoms with Gasteiger partial charge in [-0.05, 0) is 24.1 Å². The Morgan fingerprint density at radius 2 is 2.11 bits per heavy atom. The summed E-state index contributed by atoms with van der Waals surface area (Å²) in [6.45, 7) is 2.59. The number of aryl methyl sites for hydroxylation is 1. The molecule has 92 valence electrons. The molecule has 0 saturated carbocycles. The van der Waals surface area contributed by atoms with Crippen LogP contribution in [0.5, 0.6) is 5.75 Å². The molecule has 0 fully saturated rings. The smallest absolute Gasteiger partial charge is 0.140 e. The lowest BCUT2D eigenvalue weighted by atomic mass is 10.2. The van der Waals surface area contributed by atoms with Crippen LogP contribution in [-0.2, 0) is 19.4 Å². The molecule has 0 saturated heterocycles. The standard InChI is InChI=1S/C14H14N2OS/c1-2-11-3-5-12(6-4-11)17-10-14-16-9-13(18-14)7-8-15/h3-6,9H,2,7,10H2,1H3. The molecule has 0 aliphatic heterocycles. The second-order valence-electron chi connectivity index (χ2n) is 3.84. The third-order valence-electron chi connectivity index (χ3n) is 2.55. The minimum Gasteiger partial charge on any atom is -0.486 e. The van der Waals surface area contributed by atoms with E-state index in [-0.39, 0.29) is 0 Å². The lowest BCUT2D eigenvalue weighted by Gasteiger charge is -2.04. The molecule has 1 aromatic carbocycles. The highest BCUT2D eigenvalue weighted by atomic mass is 32.1. The van der Waals surface area contributed by atoms with Crippen molar-refractivity contribution in [3.8, 4) is 11.8 Å². The van der Waals surface area contributed by atoms with Crippen LogP contribution in [0, 0.1) is 11.3 Å². The minimum absolute atomic E-state index is 0.420. The van der Waals surface area contributed by atoms with Crippen LogP contribution in [0.2, 0.25) is 0 Å². The van der Waals surface area contributed by atoms with Gasteiger partial charge in [0, 0.05) is 11.1 Å². The van der Waals surface area contributed by atoms with Gasteiger partial charge in [-0.15, -0.1) is 11.3 Å². The van der Waals surface area contributed by atoms with Crippen molar-refractivity contribution < 1.29 is 4.74 Å². The van der Waals surface area contributed by atoms with E-state index in [0.29, 0.717) is 13.0 Å². The summed E-state index contributed by atoms with van der Waals surface area (Å²) < 4.78 is 5.65. The third-order valence-corrected chi connectivity index (χ3v) is 3.52. The van der Waals surface area contributed by atoms with Crippen molar-refractivity contribution in [1.82, 2.24) is 4.98 Å². The third kappa shape index (κ3) is 3.31. The molecule has 2 aromatic rings. The van der Waals surface area contributed by atoms with Crippen molar-refractivity contribution in [3.63, 3.8) is 0 Å². The quantitative estimate of drug-likeness (QED) is 0.826. The highest BCUT2D eigenvalue weighted by Crippen LogP contribution is 2.17. The van der Waals surface area contributed by atoms with Gasteiger partial charge >= 0.3 is 0 Å². The van der Waals surface area contributed by atoms with Crippen molar-refractivity contribution in [1.29, 1.82) is 5.26 Å². The highest BCUT2D eigenvalue weighted by Gasteiger charge is 2.02. The van der Waals surface area contributed by atoms with Gasteiger partial charge in [0.2, 0.25) is 0 Å². The van der Waals surface area contributed by atoms with E-state index in [1.54, 1.807) is 6.20 Å². The summed E-state index contributed by atoms with van der Waals surface area (Å²) in [6.07, 6.45) is 3.19. The fraction of sp³-hybridized carbons (Fsp3) is 0.286. The molecule has 0 aliphatic carbocycles. The van der Waals surface area contributed by atoms with Crippen molar-refractivity contribution in [3.05, 3.63) is 45.9 Å². The van der Waals surface area contributed by atoms with Crippen molar-refractivity contribution in [2.24, 2.45) is 0 Å². The summed E-state index contributed by atoms with van der Waals surface area (Å²) in [5, 5.41) is 9.49. The second-order valence-corrected chi connectivity index (χ2v) is 5.04. The zero-order valence-electron chi connectivity index (χ0n) is 10.2. The van der Waals surface area contributed by atoms with Gasteiger partial charge in [-0.25, -0.2) is 4.98 Å². The lowest BCUT2D eigenvalue weighted by molar-refractivity contribution is 0.305. The number of rotatable bonds is 5. The van der Waals surface area contributed by atoms with Gasteiger partial charge in [-0.1, -0.05) is 19.1 Å². The molecule has 0 aliphatic rings. The number of ether oxygens (including phenoxy) is 1. The van der Waals surface area contributed by atoms with Crippen LogP contribution in [0.1, 0.15) is 22.4 Å². The predicted molar refractivity (Wildman–Crippen MR) is 71.6 cm³/mol. The molecule has 18 heavy (non-hydrogen) atoms. The van der Waals surface area contributed by atoms with Crippen molar-refractivity contribution in [2.45, 2.75) is 26.4 Å². The Labute approximate surface area is 111 Å². The van der Waals surface area contributed by atoms with Gasteiger partial charge in [0.05, 0.1) is 12.5 Å². The summed E-state index contributed by atoms with van der Waals surface area (Å²) >= 11 is 1.53. The van der Waals surface area contributed by atoms with E-state index >= 15 is 0 Å². The highest BCUT2D eigenvalue weighted by molar-refractivity contribution is 7.11. The number of hydrogen-bond donors (Lipinski definition) is 0. The number of hydrogen-bond acceptors (Lipinski definition) is 4. The first-order valence-electron chi connectivity index (χ1n) is 5.84. The van der Waals surface area contributed by atoms with E-state index in [1.807, 2.05) is 12.1 Å². The fourth-order valence-electron chi connectivity index (χ4n) is 1.54. The molecule has 0 unspecified atom stereocenters. The van der Waals surface area contributed by atoms with Crippen LogP contribution in [-0.4, -0.2) is 4.98 Å². The van der Waals surface area contributed by atoms with Gasteiger partial charge in [-0.3, -0.25) is 0 Å². The fourth-order valence-corrected chi connectivity index (χ4v) is 2.31. The van der Waals surface area contributed by atoms with Crippen LogP contribution in [0.3, 0.4) is 0 Å². The van der Waals surface area contributed by atoms with E-state index in [2.05, 4.69) is 30.1 Å². The molecule has 0 amide bonds. The predicted octanol–water partition coefficient (Wildman–Crippen LogP) is 3.35. The average Bonchev–Trinajstić information content (AvgIpc) is 2.85. The van der Waals surface area contributed by atoms with E-state index in [1.165, 1.54) is 16.9 Å². The van der Waals surface area contributed by atoms with Crippen LogP contribution in [0.25, 0.3) is 0 Å². The Hall–Kier alpha value is -1.86. The first-order valence-corrected chi connectivity index (χ1v) is 6.65. The number of benzene rings is 1.